The molecule has 1 amide bonds. The molecule has 8 heteroatoms. The number of aryl methyl sites for hydroxylation is 1. The maximum atomic E-state index is 12.7. The Labute approximate surface area is 150 Å². The van der Waals surface area contributed by atoms with Gasteiger partial charge in [0.15, 0.2) is 0 Å². The Morgan fingerprint density at radius 3 is 2.91 bits per heavy atom. The SMILES string of the molecule is Cc1nc(-c2cccs2)sc1C(=O)N1CCCC1CN.Cl.Cl. The van der Waals surface area contributed by atoms with Crippen LogP contribution in [0.5, 0.6) is 0 Å². The summed E-state index contributed by atoms with van der Waals surface area (Å²) in [5.74, 6) is 0.0933. The topological polar surface area (TPSA) is 59.2 Å². The zero-order valence-electron chi connectivity index (χ0n) is 12.2. The lowest BCUT2D eigenvalue weighted by Crippen LogP contribution is -2.39. The number of likely N-dealkylation sites (tertiary alicyclic amines) is 1. The number of aromatic nitrogens is 1. The van der Waals surface area contributed by atoms with E-state index in [1.165, 1.54) is 11.3 Å². The van der Waals surface area contributed by atoms with E-state index in [4.69, 9.17) is 5.73 Å². The van der Waals surface area contributed by atoms with Crippen LogP contribution in [0, 0.1) is 6.92 Å². The number of carbonyl (C=O) groups excluding carboxylic acids is 1. The smallest absolute Gasteiger partial charge is 0.266 e. The van der Waals surface area contributed by atoms with Gasteiger partial charge in [-0.05, 0) is 31.2 Å². The van der Waals surface area contributed by atoms with Crippen molar-refractivity contribution in [3.05, 3.63) is 28.1 Å². The number of nitrogens with zero attached hydrogens (tertiary/aromatic N) is 2. The van der Waals surface area contributed by atoms with Gasteiger partial charge in [-0.2, -0.15) is 0 Å². The minimum absolute atomic E-state index is 0. The molecule has 0 aliphatic carbocycles. The number of hydrogen-bond donors (Lipinski definition) is 1. The van der Waals surface area contributed by atoms with Gasteiger partial charge in [-0.25, -0.2) is 4.98 Å². The van der Waals surface area contributed by atoms with E-state index in [-0.39, 0.29) is 36.8 Å². The van der Waals surface area contributed by atoms with Crippen LogP contribution in [0.15, 0.2) is 17.5 Å². The summed E-state index contributed by atoms with van der Waals surface area (Å²) in [6.07, 6.45) is 2.06. The summed E-state index contributed by atoms with van der Waals surface area (Å²) < 4.78 is 0. The summed E-state index contributed by atoms with van der Waals surface area (Å²) in [5, 5.41) is 2.96. The number of rotatable bonds is 3. The van der Waals surface area contributed by atoms with Crippen molar-refractivity contribution >= 4 is 53.4 Å². The van der Waals surface area contributed by atoms with Gasteiger partial charge in [0.05, 0.1) is 10.6 Å². The molecule has 0 radical (unpaired) electrons. The normalized spacial score (nSPS) is 17.0. The molecule has 1 aliphatic rings. The third kappa shape index (κ3) is 3.63. The van der Waals surface area contributed by atoms with E-state index in [1.54, 1.807) is 11.3 Å². The van der Waals surface area contributed by atoms with Gasteiger partial charge in [0.1, 0.15) is 9.88 Å². The molecule has 122 valence electrons. The number of halogens is 2. The van der Waals surface area contributed by atoms with Crippen molar-refractivity contribution in [2.45, 2.75) is 25.8 Å². The summed E-state index contributed by atoms with van der Waals surface area (Å²) in [6.45, 7) is 3.27. The molecule has 1 fully saturated rings. The number of carbonyl (C=O) groups is 1. The highest BCUT2D eigenvalue weighted by Crippen LogP contribution is 2.32. The zero-order valence-corrected chi connectivity index (χ0v) is 15.4. The van der Waals surface area contributed by atoms with Crippen molar-refractivity contribution in [3.63, 3.8) is 0 Å². The molecule has 0 bridgehead atoms. The number of nitrogens with two attached hydrogens (primary N) is 1. The van der Waals surface area contributed by atoms with Gasteiger partial charge < -0.3 is 10.6 Å². The van der Waals surface area contributed by atoms with E-state index >= 15 is 0 Å². The Kier molecular flexibility index (Phi) is 7.28. The van der Waals surface area contributed by atoms with Crippen LogP contribution in [0.2, 0.25) is 0 Å². The Balaban J connectivity index is 0.00000121. The molecule has 3 rings (SSSR count). The monoisotopic (exact) mass is 379 g/mol. The van der Waals surface area contributed by atoms with E-state index in [0.29, 0.717) is 6.54 Å². The summed E-state index contributed by atoms with van der Waals surface area (Å²) >= 11 is 3.14. The van der Waals surface area contributed by atoms with Crippen molar-refractivity contribution < 1.29 is 4.79 Å². The molecule has 2 aromatic heterocycles. The van der Waals surface area contributed by atoms with Crippen LogP contribution in [-0.2, 0) is 0 Å². The second-order valence-corrected chi connectivity index (χ2v) is 6.89. The molecule has 1 atom stereocenters. The molecule has 2 N–H and O–H groups in total. The first-order valence-corrected chi connectivity index (χ1v) is 8.42. The predicted molar refractivity (Wildman–Crippen MR) is 97.8 cm³/mol. The Morgan fingerprint density at radius 2 is 2.27 bits per heavy atom. The van der Waals surface area contributed by atoms with Crippen LogP contribution in [0.4, 0.5) is 0 Å². The molecule has 1 unspecified atom stereocenters. The van der Waals surface area contributed by atoms with Gasteiger partial charge in [-0.3, -0.25) is 4.79 Å². The van der Waals surface area contributed by atoms with Crippen LogP contribution in [0.1, 0.15) is 28.2 Å². The molecular formula is C14H19Cl2N3OS2. The van der Waals surface area contributed by atoms with Crippen LogP contribution in [0.3, 0.4) is 0 Å². The first-order valence-electron chi connectivity index (χ1n) is 6.73. The zero-order chi connectivity index (χ0) is 14.1. The summed E-state index contributed by atoms with van der Waals surface area (Å²) in [7, 11) is 0. The van der Waals surface area contributed by atoms with Gasteiger partial charge in [0.2, 0.25) is 0 Å². The third-order valence-corrected chi connectivity index (χ3v) is 5.82. The fourth-order valence-electron chi connectivity index (χ4n) is 2.58. The fourth-order valence-corrected chi connectivity index (χ4v) is 4.40. The second kappa shape index (κ2) is 8.26. The lowest BCUT2D eigenvalue weighted by molar-refractivity contribution is 0.0745. The fraction of sp³-hybridized carbons (Fsp3) is 0.429. The molecule has 3 heterocycles. The molecular weight excluding hydrogens is 361 g/mol. The highest BCUT2D eigenvalue weighted by Gasteiger charge is 2.30. The van der Waals surface area contributed by atoms with Crippen molar-refractivity contribution in [2.24, 2.45) is 5.73 Å². The quantitative estimate of drug-likeness (QED) is 0.885. The van der Waals surface area contributed by atoms with Gasteiger partial charge in [0.25, 0.3) is 5.91 Å². The summed E-state index contributed by atoms with van der Waals surface area (Å²) in [5.41, 5.74) is 6.58. The molecule has 0 aromatic carbocycles. The number of amides is 1. The van der Waals surface area contributed by atoms with Gasteiger partial charge in [0, 0.05) is 19.1 Å². The van der Waals surface area contributed by atoms with Crippen molar-refractivity contribution in [2.75, 3.05) is 13.1 Å². The molecule has 0 saturated carbocycles. The summed E-state index contributed by atoms with van der Waals surface area (Å²) in [6, 6.07) is 4.23. The molecule has 1 saturated heterocycles. The highest BCUT2D eigenvalue weighted by atomic mass is 35.5. The largest absolute Gasteiger partial charge is 0.334 e. The Morgan fingerprint density at radius 1 is 1.50 bits per heavy atom. The predicted octanol–water partition coefficient (Wildman–Crippen LogP) is 3.59. The van der Waals surface area contributed by atoms with E-state index in [1.807, 2.05) is 29.3 Å². The lowest BCUT2D eigenvalue weighted by atomic mass is 10.2. The van der Waals surface area contributed by atoms with Crippen molar-refractivity contribution in [3.8, 4) is 9.88 Å². The average molecular weight is 380 g/mol. The molecule has 4 nitrogen and oxygen atoms in total. The molecule has 22 heavy (non-hydrogen) atoms. The number of thiophene rings is 1. The maximum Gasteiger partial charge on any atom is 0.266 e. The standard InChI is InChI=1S/C14H17N3OS2.2ClH/c1-9-12(14(18)17-6-2-4-10(17)8-15)20-13(16-9)11-5-3-7-19-11;;/h3,5,7,10H,2,4,6,8,15H2,1H3;2*1H. The van der Waals surface area contributed by atoms with E-state index < -0.39 is 0 Å². The van der Waals surface area contributed by atoms with Crippen LogP contribution < -0.4 is 5.73 Å². The van der Waals surface area contributed by atoms with Crippen molar-refractivity contribution in [1.82, 2.24) is 9.88 Å². The summed E-state index contributed by atoms with van der Waals surface area (Å²) in [4.78, 5) is 21.0. The second-order valence-electron chi connectivity index (χ2n) is 4.94. The van der Waals surface area contributed by atoms with Crippen LogP contribution in [-0.4, -0.2) is 34.9 Å². The number of thiazole rings is 1. The molecule has 0 spiro atoms. The Bertz CT molecular complexity index is 616. The maximum absolute atomic E-state index is 12.7. The lowest BCUT2D eigenvalue weighted by Gasteiger charge is -2.22. The highest BCUT2D eigenvalue weighted by molar-refractivity contribution is 7.22. The van der Waals surface area contributed by atoms with Gasteiger partial charge in [-0.15, -0.1) is 47.5 Å². The third-order valence-electron chi connectivity index (χ3n) is 3.63. The number of hydrogen-bond acceptors (Lipinski definition) is 5. The van der Waals surface area contributed by atoms with E-state index in [0.717, 1.165) is 39.8 Å². The van der Waals surface area contributed by atoms with Gasteiger partial charge in [-0.1, -0.05) is 6.07 Å². The average Bonchev–Trinajstić information content (AvgIpc) is 3.17. The van der Waals surface area contributed by atoms with E-state index in [9.17, 15) is 4.79 Å². The van der Waals surface area contributed by atoms with Crippen molar-refractivity contribution in [1.29, 1.82) is 0 Å². The van der Waals surface area contributed by atoms with Crippen LogP contribution >= 0.6 is 47.5 Å². The Hall–Kier alpha value is -0.660. The van der Waals surface area contributed by atoms with E-state index in [2.05, 4.69) is 4.98 Å². The molecule has 2 aromatic rings. The first-order chi connectivity index (χ1) is 9.70. The van der Waals surface area contributed by atoms with Gasteiger partial charge >= 0.3 is 0 Å². The molecule has 1 aliphatic heterocycles. The minimum atomic E-state index is 0. The van der Waals surface area contributed by atoms with Crippen LogP contribution in [0.25, 0.3) is 9.88 Å². The minimum Gasteiger partial charge on any atom is -0.334 e. The first kappa shape index (κ1) is 19.4.